The third-order valence-corrected chi connectivity index (χ3v) is 5.63. The molecule has 0 saturated carbocycles. The first-order valence-corrected chi connectivity index (χ1v) is 11.4. The zero-order valence-electron chi connectivity index (χ0n) is 20.7. The van der Waals surface area contributed by atoms with Gasteiger partial charge in [0.2, 0.25) is 5.91 Å². The molecule has 37 heavy (non-hydrogen) atoms. The summed E-state index contributed by atoms with van der Waals surface area (Å²) >= 11 is 0. The first-order valence-electron chi connectivity index (χ1n) is 11.4. The van der Waals surface area contributed by atoms with Crippen LogP contribution in [0, 0.1) is 11.8 Å². The molecule has 2 aromatic carbocycles. The van der Waals surface area contributed by atoms with E-state index in [2.05, 4.69) is 20.1 Å². The minimum Gasteiger partial charge on any atom is -0.480 e. The molecule has 0 aliphatic carbocycles. The summed E-state index contributed by atoms with van der Waals surface area (Å²) in [5.74, 6) is -7.22. The molecule has 0 aromatic heterocycles. The monoisotopic (exact) mass is 514 g/mol. The van der Waals surface area contributed by atoms with Gasteiger partial charge in [-0.1, -0.05) is 67.6 Å². The van der Waals surface area contributed by atoms with Crippen LogP contribution in [0.1, 0.15) is 18.1 Å². The van der Waals surface area contributed by atoms with Gasteiger partial charge >= 0.3 is 24.0 Å². The lowest BCUT2D eigenvalue weighted by Crippen LogP contribution is -2.56. The van der Waals surface area contributed by atoms with E-state index in [0.29, 0.717) is 5.56 Å². The van der Waals surface area contributed by atoms with Crippen molar-refractivity contribution >= 4 is 29.9 Å². The average Bonchev–Trinajstić information content (AvgIpc) is 2.90. The van der Waals surface area contributed by atoms with Gasteiger partial charge in [0.1, 0.15) is 18.7 Å². The number of aliphatic carboxylic acids is 1. The number of hydrogen-bond acceptors (Lipinski definition) is 8. The normalized spacial score (nSPS) is 13.0. The van der Waals surface area contributed by atoms with Crippen LogP contribution in [0.25, 0.3) is 0 Å². The molecule has 0 unspecified atom stereocenters. The van der Waals surface area contributed by atoms with Gasteiger partial charge in [0.15, 0.2) is 5.92 Å². The molecule has 198 valence electrons. The van der Waals surface area contributed by atoms with E-state index >= 15 is 0 Å². The molecule has 0 aliphatic heterocycles. The Balaban J connectivity index is 2.22. The van der Waals surface area contributed by atoms with Gasteiger partial charge in [0, 0.05) is 12.3 Å². The van der Waals surface area contributed by atoms with Gasteiger partial charge in [0.05, 0.1) is 14.2 Å². The molecule has 0 fully saturated rings. The van der Waals surface area contributed by atoms with Crippen LogP contribution in [0.3, 0.4) is 0 Å². The number of esters is 2. The minimum atomic E-state index is -1.68. The van der Waals surface area contributed by atoms with Crippen molar-refractivity contribution in [3.8, 4) is 0 Å². The van der Waals surface area contributed by atoms with Crippen LogP contribution in [-0.4, -0.2) is 61.3 Å². The fourth-order valence-corrected chi connectivity index (χ4v) is 3.61. The molecule has 0 saturated heterocycles. The van der Waals surface area contributed by atoms with Crippen LogP contribution in [-0.2, 0) is 46.4 Å². The molecular formula is C26H30N2O9. The maximum Gasteiger partial charge on any atom is 0.408 e. The number of alkyl carbamates (subject to hydrolysis) is 1. The van der Waals surface area contributed by atoms with Crippen molar-refractivity contribution in [2.24, 2.45) is 11.8 Å². The molecule has 0 radical (unpaired) electrons. The van der Waals surface area contributed by atoms with E-state index in [4.69, 9.17) is 4.74 Å². The van der Waals surface area contributed by atoms with Crippen molar-refractivity contribution in [1.29, 1.82) is 0 Å². The van der Waals surface area contributed by atoms with Gasteiger partial charge in [-0.05, 0) is 11.1 Å². The number of ether oxygens (including phenoxy) is 3. The number of hydrogen-bond donors (Lipinski definition) is 3. The number of carboxylic acids is 1. The van der Waals surface area contributed by atoms with Gasteiger partial charge in [-0.15, -0.1) is 0 Å². The van der Waals surface area contributed by atoms with E-state index in [1.54, 1.807) is 54.6 Å². The third-order valence-electron chi connectivity index (χ3n) is 5.63. The van der Waals surface area contributed by atoms with Gasteiger partial charge in [-0.25, -0.2) is 9.59 Å². The van der Waals surface area contributed by atoms with Crippen LogP contribution in [0.4, 0.5) is 4.79 Å². The fraction of sp³-hybridized carbons (Fsp3) is 0.346. The van der Waals surface area contributed by atoms with Crippen LogP contribution >= 0.6 is 0 Å². The molecule has 0 bridgehead atoms. The van der Waals surface area contributed by atoms with Crippen molar-refractivity contribution in [1.82, 2.24) is 10.6 Å². The number of carbonyl (C=O) groups excluding carboxylic acids is 4. The van der Waals surface area contributed by atoms with Gasteiger partial charge in [-0.2, -0.15) is 0 Å². The lowest BCUT2D eigenvalue weighted by molar-refractivity contribution is -0.163. The molecule has 2 aromatic rings. The number of methoxy groups -OCH3 is 2. The molecular weight excluding hydrogens is 484 g/mol. The summed E-state index contributed by atoms with van der Waals surface area (Å²) in [6.45, 7) is 1.26. The molecule has 11 heteroatoms. The van der Waals surface area contributed by atoms with Crippen LogP contribution in [0.5, 0.6) is 0 Å². The number of rotatable bonds is 12. The quantitative estimate of drug-likeness (QED) is 0.218. The molecule has 0 heterocycles. The van der Waals surface area contributed by atoms with Crippen molar-refractivity contribution in [2.45, 2.75) is 32.0 Å². The van der Waals surface area contributed by atoms with E-state index < -0.39 is 53.8 Å². The number of carbonyl (C=O) groups is 5. The third kappa shape index (κ3) is 8.64. The topological polar surface area (TPSA) is 157 Å². The Morgan fingerprint density at radius 3 is 1.81 bits per heavy atom. The Hall–Kier alpha value is -4.41. The van der Waals surface area contributed by atoms with Crippen LogP contribution in [0.2, 0.25) is 0 Å². The van der Waals surface area contributed by atoms with Crippen molar-refractivity contribution in [3.05, 3.63) is 71.8 Å². The number of carboxylic acid groups (broad SMARTS) is 1. The summed E-state index contributed by atoms with van der Waals surface area (Å²) in [6, 6.07) is 14.7. The summed E-state index contributed by atoms with van der Waals surface area (Å²) in [6.07, 6.45) is -0.868. The first-order chi connectivity index (χ1) is 17.7. The minimum absolute atomic E-state index is 0.0191. The average molecular weight is 515 g/mol. The summed E-state index contributed by atoms with van der Waals surface area (Å²) in [4.78, 5) is 62.1. The highest BCUT2D eigenvalue weighted by atomic mass is 16.6. The maximum atomic E-state index is 13.2. The smallest absolute Gasteiger partial charge is 0.408 e. The number of benzene rings is 2. The highest BCUT2D eigenvalue weighted by Gasteiger charge is 2.42. The second-order valence-electron chi connectivity index (χ2n) is 8.16. The highest BCUT2D eigenvalue weighted by Crippen LogP contribution is 2.20. The van der Waals surface area contributed by atoms with E-state index in [1.807, 2.05) is 6.07 Å². The largest absolute Gasteiger partial charge is 0.480 e. The Morgan fingerprint density at radius 1 is 0.811 bits per heavy atom. The Bertz CT molecular complexity index is 1060. The summed E-state index contributed by atoms with van der Waals surface area (Å²) in [7, 11) is 2.08. The summed E-state index contributed by atoms with van der Waals surface area (Å²) in [5.41, 5.74) is 1.42. The van der Waals surface area contributed by atoms with Crippen LogP contribution in [0.15, 0.2) is 60.7 Å². The highest BCUT2D eigenvalue weighted by molar-refractivity contribution is 5.96. The van der Waals surface area contributed by atoms with Crippen molar-refractivity contribution in [3.63, 3.8) is 0 Å². The van der Waals surface area contributed by atoms with E-state index in [9.17, 15) is 29.1 Å². The van der Waals surface area contributed by atoms with Crippen molar-refractivity contribution in [2.75, 3.05) is 14.2 Å². The molecule has 0 aliphatic rings. The van der Waals surface area contributed by atoms with Crippen molar-refractivity contribution < 1.29 is 43.3 Å². The Morgan fingerprint density at radius 2 is 1.32 bits per heavy atom. The molecule has 3 atom stereocenters. The lowest BCUT2D eigenvalue weighted by Gasteiger charge is -2.27. The SMILES string of the molecule is COC(=O)C(C(=O)OC)[C@@H](C)[C@@H](NC(=O)[C@H](Cc1ccccc1)NC(=O)OCc1ccccc1)C(=O)O. The Labute approximate surface area is 214 Å². The molecule has 2 amide bonds. The predicted octanol–water partition coefficient (Wildman–Crippen LogP) is 1.69. The number of nitrogens with one attached hydrogen (secondary N) is 2. The fourth-order valence-electron chi connectivity index (χ4n) is 3.61. The standard InChI is InChI=1S/C26H30N2O9/c1-16(20(24(32)35-2)25(33)36-3)21(23(30)31)28-22(29)19(14-17-10-6-4-7-11-17)27-26(34)37-15-18-12-8-5-9-13-18/h4-13,16,19-21H,14-15H2,1-3H3,(H,27,34)(H,28,29)(H,30,31)/t16-,19+,21-/m1/s1. The molecule has 11 nitrogen and oxygen atoms in total. The zero-order chi connectivity index (χ0) is 27.4. The van der Waals surface area contributed by atoms with E-state index in [1.165, 1.54) is 6.92 Å². The second kappa shape index (κ2) is 14.2. The van der Waals surface area contributed by atoms with Crippen LogP contribution < -0.4 is 10.6 Å². The summed E-state index contributed by atoms with van der Waals surface area (Å²) < 4.78 is 14.4. The first kappa shape index (κ1) is 28.8. The molecule has 3 N–H and O–H groups in total. The molecule has 2 rings (SSSR count). The Kier molecular flexibility index (Phi) is 11.1. The summed E-state index contributed by atoms with van der Waals surface area (Å²) in [5, 5.41) is 14.6. The molecule has 0 spiro atoms. The number of amides is 2. The van der Waals surface area contributed by atoms with Gasteiger partial charge < -0.3 is 30.0 Å². The van der Waals surface area contributed by atoms with Gasteiger partial charge in [-0.3, -0.25) is 14.4 Å². The van der Waals surface area contributed by atoms with E-state index in [-0.39, 0.29) is 13.0 Å². The lowest BCUT2D eigenvalue weighted by atomic mass is 9.87. The zero-order valence-corrected chi connectivity index (χ0v) is 20.7. The maximum absolute atomic E-state index is 13.2. The predicted molar refractivity (Wildman–Crippen MR) is 130 cm³/mol. The van der Waals surface area contributed by atoms with Gasteiger partial charge in [0.25, 0.3) is 0 Å². The van der Waals surface area contributed by atoms with E-state index in [0.717, 1.165) is 19.8 Å². The second-order valence-corrected chi connectivity index (χ2v) is 8.16.